The van der Waals surface area contributed by atoms with Crippen LogP contribution in [-0.2, 0) is 23.8 Å². The van der Waals surface area contributed by atoms with Gasteiger partial charge in [0.25, 0.3) is 0 Å². The SMILES string of the molecule is CCCCC/C=C\C/C=C\C/C=C\CCCCCCCCCOCC(COC(=O)CCCCCCCCCCCCCCCCCCC)OC(=O)CCCCCCCCCCCCC. The number of esters is 2. The number of hydrogen-bond donors (Lipinski definition) is 0. The van der Waals surface area contributed by atoms with E-state index in [0.717, 1.165) is 51.4 Å². The number of carbonyl (C=O) groups is 2. The Morgan fingerprint density at radius 1 is 0.344 bits per heavy atom. The van der Waals surface area contributed by atoms with E-state index in [-0.39, 0.29) is 25.2 Å². The number of allylic oxidation sites excluding steroid dienone is 6. The molecule has 1 unspecified atom stereocenters. The van der Waals surface area contributed by atoms with E-state index in [1.807, 2.05) is 0 Å². The number of ether oxygens (including phenoxy) is 3. The predicted molar refractivity (Wildman–Crippen MR) is 279 cm³/mol. The molecular formula is C59H110O5. The summed E-state index contributed by atoms with van der Waals surface area (Å²) in [4.78, 5) is 25.4. The van der Waals surface area contributed by atoms with Crippen LogP contribution in [0.1, 0.15) is 303 Å². The Morgan fingerprint density at radius 2 is 0.656 bits per heavy atom. The second-order valence-electron chi connectivity index (χ2n) is 19.2. The fourth-order valence-corrected chi connectivity index (χ4v) is 8.40. The molecule has 0 aromatic carbocycles. The van der Waals surface area contributed by atoms with Crippen molar-refractivity contribution < 1.29 is 23.8 Å². The van der Waals surface area contributed by atoms with Gasteiger partial charge in [-0.15, -0.1) is 0 Å². The maximum atomic E-state index is 12.8. The fraction of sp³-hybridized carbons (Fsp3) is 0.864. The first kappa shape index (κ1) is 62.1. The second kappa shape index (κ2) is 55.4. The van der Waals surface area contributed by atoms with Crippen LogP contribution in [0.4, 0.5) is 0 Å². The molecule has 376 valence electrons. The van der Waals surface area contributed by atoms with Gasteiger partial charge in [0.05, 0.1) is 6.61 Å². The zero-order valence-electron chi connectivity index (χ0n) is 43.3. The van der Waals surface area contributed by atoms with Crippen LogP contribution in [0, 0.1) is 0 Å². The first-order valence-electron chi connectivity index (χ1n) is 28.5. The minimum Gasteiger partial charge on any atom is -0.462 e. The predicted octanol–water partition coefficient (Wildman–Crippen LogP) is 19.4. The van der Waals surface area contributed by atoms with Crippen LogP contribution < -0.4 is 0 Å². The third-order valence-corrected chi connectivity index (χ3v) is 12.7. The first-order valence-corrected chi connectivity index (χ1v) is 28.5. The quantitative estimate of drug-likeness (QED) is 0.0346. The topological polar surface area (TPSA) is 61.8 Å². The van der Waals surface area contributed by atoms with E-state index in [9.17, 15) is 9.59 Å². The molecule has 0 radical (unpaired) electrons. The monoisotopic (exact) mass is 899 g/mol. The molecule has 64 heavy (non-hydrogen) atoms. The first-order chi connectivity index (χ1) is 31.6. The van der Waals surface area contributed by atoms with E-state index in [2.05, 4.69) is 57.2 Å². The Bertz CT molecular complexity index is 1020. The van der Waals surface area contributed by atoms with Crippen LogP contribution in [0.15, 0.2) is 36.5 Å². The molecule has 0 aliphatic rings. The lowest BCUT2D eigenvalue weighted by atomic mass is 10.0. The Balaban J connectivity index is 4.19. The molecule has 0 spiro atoms. The summed E-state index contributed by atoms with van der Waals surface area (Å²) in [7, 11) is 0. The number of hydrogen-bond acceptors (Lipinski definition) is 5. The van der Waals surface area contributed by atoms with Crippen LogP contribution in [-0.4, -0.2) is 37.9 Å². The van der Waals surface area contributed by atoms with Gasteiger partial charge in [0.1, 0.15) is 6.61 Å². The molecule has 5 heteroatoms. The molecule has 0 heterocycles. The van der Waals surface area contributed by atoms with Gasteiger partial charge in [-0.25, -0.2) is 0 Å². The number of carbonyl (C=O) groups excluding carboxylic acids is 2. The van der Waals surface area contributed by atoms with E-state index in [1.54, 1.807) is 0 Å². The molecule has 0 bridgehead atoms. The van der Waals surface area contributed by atoms with Crippen LogP contribution in [0.2, 0.25) is 0 Å². The van der Waals surface area contributed by atoms with Gasteiger partial charge >= 0.3 is 11.9 Å². The lowest BCUT2D eigenvalue weighted by Crippen LogP contribution is -2.30. The van der Waals surface area contributed by atoms with E-state index in [4.69, 9.17) is 14.2 Å². The molecular weight excluding hydrogens is 789 g/mol. The van der Waals surface area contributed by atoms with E-state index >= 15 is 0 Å². The molecule has 0 aromatic rings. The largest absolute Gasteiger partial charge is 0.462 e. The van der Waals surface area contributed by atoms with Gasteiger partial charge in [-0.05, 0) is 57.8 Å². The summed E-state index contributed by atoms with van der Waals surface area (Å²) in [6.07, 6.45) is 67.3. The van der Waals surface area contributed by atoms with Crippen molar-refractivity contribution in [3.05, 3.63) is 36.5 Å². The highest BCUT2D eigenvalue weighted by Crippen LogP contribution is 2.16. The highest BCUT2D eigenvalue weighted by molar-refractivity contribution is 5.70. The third kappa shape index (κ3) is 52.7. The van der Waals surface area contributed by atoms with E-state index < -0.39 is 6.10 Å². The standard InChI is InChI=1S/C59H110O5/c1-4-7-10-13-16-19-22-24-26-28-29-30-32-34-36-39-42-45-48-51-54-62-55-57(64-59(61)53-50-47-44-41-37-21-18-15-12-9-6-3)56-63-58(60)52-49-46-43-40-38-35-33-31-27-25-23-20-17-14-11-8-5-2/h16,19,24,26,29-30,57H,4-15,17-18,20-23,25,27-28,31-56H2,1-3H3/b19-16-,26-24-,30-29-. The van der Waals surface area contributed by atoms with Crippen molar-refractivity contribution in [1.29, 1.82) is 0 Å². The Kier molecular flexibility index (Phi) is 53.8. The summed E-state index contributed by atoms with van der Waals surface area (Å²) in [6.45, 7) is 7.83. The van der Waals surface area contributed by atoms with Crippen molar-refractivity contribution in [1.82, 2.24) is 0 Å². The molecule has 0 saturated heterocycles. The average Bonchev–Trinajstić information content (AvgIpc) is 3.30. The van der Waals surface area contributed by atoms with Gasteiger partial charge in [0.2, 0.25) is 0 Å². The third-order valence-electron chi connectivity index (χ3n) is 12.7. The minimum atomic E-state index is -0.535. The van der Waals surface area contributed by atoms with Crippen molar-refractivity contribution in [2.24, 2.45) is 0 Å². The number of rotatable bonds is 53. The summed E-state index contributed by atoms with van der Waals surface area (Å²) >= 11 is 0. The lowest BCUT2D eigenvalue weighted by molar-refractivity contribution is -0.163. The molecule has 1 atom stereocenters. The van der Waals surface area contributed by atoms with Gasteiger partial charge in [-0.3, -0.25) is 9.59 Å². The molecule has 0 rings (SSSR count). The summed E-state index contributed by atoms with van der Waals surface area (Å²) in [5.74, 6) is -0.384. The van der Waals surface area contributed by atoms with Crippen molar-refractivity contribution in [2.45, 2.75) is 309 Å². The van der Waals surface area contributed by atoms with Crippen molar-refractivity contribution >= 4 is 11.9 Å². The maximum absolute atomic E-state index is 12.8. The molecule has 0 saturated carbocycles. The zero-order valence-corrected chi connectivity index (χ0v) is 43.3. The van der Waals surface area contributed by atoms with Crippen molar-refractivity contribution in [3.8, 4) is 0 Å². The van der Waals surface area contributed by atoms with E-state index in [1.165, 1.54) is 218 Å². The normalized spacial score (nSPS) is 12.4. The van der Waals surface area contributed by atoms with Gasteiger partial charge in [0.15, 0.2) is 6.10 Å². The highest BCUT2D eigenvalue weighted by Gasteiger charge is 2.17. The Labute approximate surface area is 400 Å². The van der Waals surface area contributed by atoms with Crippen LogP contribution >= 0.6 is 0 Å². The summed E-state index contributed by atoms with van der Waals surface area (Å²) in [6, 6.07) is 0. The van der Waals surface area contributed by atoms with Crippen molar-refractivity contribution in [2.75, 3.05) is 19.8 Å². The molecule has 0 fully saturated rings. The summed E-state index contributed by atoms with van der Waals surface area (Å²) in [5.41, 5.74) is 0. The van der Waals surface area contributed by atoms with Crippen molar-refractivity contribution in [3.63, 3.8) is 0 Å². The highest BCUT2D eigenvalue weighted by atomic mass is 16.6. The van der Waals surface area contributed by atoms with Crippen LogP contribution in [0.5, 0.6) is 0 Å². The summed E-state index contributed by atoms with van der Waals surface area (Å²) < 4.78 is 17.5. The molecule has 0 aromatic heterocycles. The van der Waals surface area contributed by atoms with Gasteiger partial charge in [-0.2, -0.15) is 0 Å². The molecule has 0 amide bonds. The van der Waals surface area contributed by atoms with Crippen LogP contribution in [0.3, 0.4) is 0 Å². The minimum absolute atomic E-state index is 0.0878. The average molecular weight is 900 g/mol. The summed E-state index contributed by atoms with van der Waals surface area (Å²) in [5, 5.41) is 0. The van der Waals surface area contributed by atoms with Gasteiger partial charge in [-0.1, -0.05) is 269 Å². The maximum Gasteiger partial charge on any atom is 0.306 e. The molecule has 0 aliphatic heterocycles. The smallest absolute Gasteiger partial charge is 0.306 e. The van der Waals surface area contributed by atoms with Gasteiger partial charge < -0.3 is 14.2 Å². The van der Waals surface area contributed by atoms with Gasteiger partial charge in [0, 0.05) is 19.4 Å². The van der Waals surface area contributed by atoms with E-state index in [0.29, 0.717) is 19.4 Å². The molecule has 0 N–H and O–H groups in total. The molecule has 0 aliphatic carbocycles. The zero-order chi connectivity index (χ0) is 46.3. The number of unbranched alkanes of at least 4 members (excludes halogenated alkanes) is 36. The molecule has 5 nitrogen and oxygen atoms in total. The fourth-order valence-electron chi connectivity index (χ4n) is 8.40. The Hall–Kier alpha value is -1.88. The second-order valence-corrected chi connectivity index (χ2v) is 19.2. The Morgan fingerprint density at radius 3 is 1.08 bits per heavy atom. The van der Waals surface area contributed by atoms with Crippen LogP contribution in [0.25, 0.3) is 0 Å². The lowest BCUT2D eigenvalue weighted by Gasteiger charge is -2.18.